The predicted molar refractivity (Wildman–Crippen MR) is 70.0 cm³/mol. The van der Waals surface area contributed by atoms with Crippen molar-refractivity contribution in [3.8, 4) is 0 Å². The molecule has 3 heteroatoms. The number of benzene rings is 1. The van der Waals surface area contributed by atoms with Crippen molar-refractivity contribution in [1.82, 2.24) is 9.97 Å². The Morgan fingerprint density at radius 1 is 1.12 bits per heavy atom. The van der Waals surface area contributed by atoms with Gasteiger partial charge in [0, 0.05) is 11.9 Å². The summed E-state index contributed by atoms with van der Waals surface area (Å²) < 4.78 is 0. The molecular weight excluding hydrogens is 210 g/mol. The normalized spacial score (nSPS) is 10.3. The van der Waals surface area contributed by atoms with Gasteiger partial charge in [-0.3, -0.25) is 0 Å². The summed E-state index contributed by atoms with van der Waals surface area (Å²) in [4.78, 5) is 8.45. The van der Waals surface area contributed by atoms with Crippen molar-refractivity contribution in [2.75, 3.05) is 5.32 Å². The predicted octanol–water partition coefficient (Wildman–Crippen LogP) is 3.01. The molecule has 0 atom stereocenters. The second kappa shape index (κ2) is 4.95. The first-order valence-electron chi connectivity index (χ1n) is 5.75. The fourth-order valence-corrected chi connectivity index (χ4v) is 1.73. The number of hydrogen-bond donors (Lipinski definition) is 1. The number of anilines is 1. The van der Waals surface area contributed by atoms with Gasteiger partial charge in [0.05, 0.1) is 12.2 Å². The summed E-state index contributed by atoms with van der Waals surface area (Å²) in [6, 6.07) is 8.22. The lowest BCUT2D eigenvalue weighted by Gasteiger charge is -2.11. The van der Waals surface area contributed by atoms with Gasteiger partial charge in [-0.2, -0.15) is 0 Å². The van der Waals surface area contributed by atoms with Gasteiger partial charge in [-0.05, 0) is 44.0 Å². The van der Waals surface area contributed by atoms with Gasteiger partial charge < -0.3 is 5.32 Å². The van der Waals surface area contributed by atoms with Gasteiger partial charge in [-0.15, -0.1) is 0 Å². The van der Waals surface area contributed by atoms with E-state index >= 15 is 0 Å². The molecule has 3 nitrogen and oxygen atoms in total. The van der Waals surface area contributed by atoms with E-state index in [1.165, 1.54) is 16.8 Å². The van der Waals surface area contributed by atoms with E-state index in [1.54, 1.807) is 6.20 Å². The van der Waals surface area contributed by atoms with Gasteiger partial charge in [-0.1, -0.05) is 12.1 Å². The molecule has 1 aromatic carbocycles. The number of aromatic nitrogens is 2. The van der Waals surface area contributed by atoms with Gasteiger partial charge >= 0.3 is 0 Å². The standard InChI is InChI=1S/C14H17N3/c1-10-5-4-6-14(11(10)2)16-9-13-7-8-15-12(3)17-13/h4-8,16H,9H2,1-3H3. The summed E-state index contributed by atoms with van der Waals surface area (Å²) in [7, 11) is 0. The molecule has 0 amide bonds. The van der Waals surface area contributed by atoms with Crippen molar-refractivity contribution in [3.05, 3.63) is 53.1 Å². The van der Waals surface area contributed by atoms with Crippen LogP contribution in [-0.2, 0) is 6.54 Å². The molecule has 2 rings (SSSR count). The van der Waals surface area contributed by atoms with Gasteiger partial charge in [-0.25, -0.2) is 9.97 Å². The summed E-state index contributed by atoms with van der Waals surface area (Å²) in [5.41, 5.74) is 4.77. The maximum Gasteiger partial charge on any atom is 0.125 e. The van der Waals surface area contributed by atoms with Crippen molar-refractivity contribution < 1.29 is 0 Å². The SMILES string of the molecule is Cc1nccc(CNc2cccc(C)c2C)n1. The summed E-state index contributed by atoms with van der Waals surface area (Å²) in [5.74, 6) is 0.810. The molecule has 1 heterocycles. The average Bonchev–Trinajstić information content (AvgIpc) is 2.31. The maximum absolute atomic E-state index is 4.37. The lowest BCUT2D eigenvalue weighted by Crippen LogP contribution is -2.04. The molecule has 0 aliphatic rings. The van der Waals surface area contributed by atoms with Crippen LogP contribution in [0.2, 0.25) is 0 Å². The van der Waals surface area contributed by atoms with Crippen LogP contribution < -0.4 is 5.32 Å². The Labute approximate surface area is 102 Å². The van der Waals surface area contributed by atoms with Crippen molar-refractivity contribution >= 4 is 5.69 Å². The lowest BCUT2D eigenvalue weighted by atomic mass is 10.1. The third-order valence-corrected chi connectivity index (χ3v) is 2.90. The fraction of sp³-hybridized carbons (Fsp3) is 0.286. The zero-order valence-electron chi connectivity index (χ0n) is 10.5. The Hall–Kier alpha value is -1.90. The molecule has 0 bridgehead atoms. The van der Waals surface area contributed by atoms with E-state index in [2.05, 4.69) is 47.3 Å². The smallest absolute Gasteiger partial charge is 0.125 e. The van der Waals surface area contributed by atoms with Gasteiger partial charge in [0.1, 0.15) is 5.82 Å². The van der Waals surface area contributed by atoms with Crippen LogP contribution in [0.1, 0.15) is 22.6 Å². The minimum atomic E-state index is 0.730. The number of nitrogens with zero attached hydrogens (tertiary/aromatic N) is 2. The van der Waals surface area contributed by atoms with E-state index in [-0.39, 0.29) is 0 Å². The van der Waals surface area contributed by atoms with Crippen LogP contribution in [0.5, 0.6) is 0 Å². The number of hydrogen-bond acceptors (Lipinski definition) is 3. The van der Waals surface area contributed by atoms with Crippen LogP contribution in [0.4, 0.5) is 5.69 Å². The van der Waals surface area contributed by atoms with E-state index in [1.807, 2.05) is 13.0 Å². The van der Waals surface area contributed by atoms with E-state index < -0.39 is 0 Å². The molecule has 1 N–H and O–H groups in total. The van der Waals surface area contributed by atoms with E-state index in [9.17, 15) is 0 Å². The molecule has 2 aromatic rings. The van der Waals surface area contributed by atoms with E-state index in [0.29, 0.717) is 0 Å². The second-order valence-electron chi connectivity index (χ2n) is 4.20. The van der Waals surface area contributed by atoms with Crippen LogP contribution in [0.3, 0.4) is 0 Å². The second-order valence-corrected chi connectivity index (χ2v) is 4.20. The highest BCUT2D eigenvalue weighted by atomic mass is 14.9. The molecular formula is C14H17N3. The Morgan fingerprint density at radius 2 is 1.94 bits per heavy atom. The minimum absolute atomic E-state index is 0.730. The monoisotopic (exact) mass is 227 g/mol. The van der Waals surface area contributed by atoms with Crippen molar-refractivity contribution in [2.24, 2.45) is 0 Å². The summed E-state index contributed by atoms with van der Waals surface area (Å²) in [6.07, 6.45) is 1.79. The lowest BCUT2D eigenvalue weighted by molar-refractivity contribution is 0.954. The number of nitrogens with one attached hydrogen (secondary N) is 1. The Bertz CT molecular complexity index is 521. The molecule has 1 aromatic heterocycles. The fourth-order valence-electron chi connectivity index (χ4n) is 1.73. The molecule has 0 unspecified atom stereocenters. The van der Waals surface area contributed by atoms with Crippen LogP contribution in [0.15, 0.2) is 30.5 Å². The summed E-state index contributed by atoms with van der Waals surface area (Å²) in [5, 5.41) is 3.41. The number of rotatable bonds is 3. The first-order valence-corrected chi connectivity index (χ1v) is 5.75. The molecule has 17 heavy (non-hydrogen) atoms. The van der Waals surface area contributed by atoms with Crippen LogP contribution >= 0.6 is 0 Å². The first kappa shape index (κ1) is 11.6. The van der Waals surface area contributed by atoms with Crippen molar-refractivity contribution in [2.45, 2.75) is 27.3 Å². The Kier molecular flexibility index (Phi) is 3.38. The molecule has 0 fully saturated rings. The van der Waals surface area contributed by atoms with Crippen LogP contribution in [-0.4, -0.2) is 9.97 Å². The molecule has 0 spiro atoms. The maximum atomic E-state index is 4.37. The van der Waals surface area contributed by atoms with Gasteiger partial charge in [0.2, 0.25) is 0 Å². The number of aryl methyl sites for hydroxylation is 2. The first-order chi connectivity index (χ1) is 8.16. The van der Waals surface area contributed by atoms with Gasteiger partial charge in [0.25, 0.3) is 0 Å². The van der Waals surface area contributed by atoms with E-state index in [0.717, 1.165) is 18.1 Å². The molecule has 88 valence electrons. The Morgan fingerprint density at radius 3 is 2.71 bits per heavy atom. The molecule has 0 saturated carbocycles. The molecule has 0 radical (unpaired) electrons. The third-order valence-electron chi connectivity index (χ3n) is 2.90. The highest BCUT2D eigenvalue weighted by Gasteiger charge is 2.01. The Balaban J connectivity index is 2.10. The zero-order valence-corrected chi connectivity index (χ0v) is 10.5. The van der Waals surface area contributed by atoms with Crippen LogP contribution in [0.25, 0.3) is 0 Å². The highest BCUT2D eigenvalue weighted by Crippen LogP contribution is 2.18. The summed E-state index contributed by atoms with van der Waals surface area (Å²) in [6.45, 7) is 6.88. The van der Waals surface area contributed by atoms with Crippen LogP contribution in [0, 0.1) is 20.8 Å². The highest BCUT2D eigenvalue weighted by molar-refractivity contribution is 5.53. The quantitative estimate of drug-likeness (QED) is 0.875. The largest absolute Gasteiger partial charge is 0.379 e. The zero-order chi connectivity index (χ0) is 12.3. The average molecular weight is 227 g/mol. The van der Waals surface area contributed by atoms with Crippen molar-refractivity contribution in [1.29, 1.82) is 0 Å². The summed E-state index contributed by atoms with van der Waals surface area (Å²) >= 11 is 0. The minimum Gasteiger partial charge on any atom is -0.379 e. The van der Waals surface area contributed by atoms with Crippen molar-refractivity contribution in [3.63, 3.8) is 0 Å². The van der Waals surface area contributed by atoms with Gasteiger partial charge in [0.15, 0.2) is 0 Å². The third kappa shape index (κ3) is 2.81. The molecule has 0 aliphatic heterocycles. The molecule has 0 aliphatic carbocycles. The molecule has 0 saturated heterocycles. The topological polar surface area (TPSA) is 37.8 Å². The van der Waals surface area contributed by atoms with E-state index in [4.69, 9.17) is 0 Å².